The lowest BCUT2D eigenvalue weighted by Crippen LogP contribution is -2.38. The number of imide groups is 1. The van der Waals surface area contributed by atoms with E-state index in [1.165, 1.54) is 6.21 Å². The van der Waals surface area contributed by atoms with Crippen LogP contribution < -0.4 is 4.90 Å². The highest BCUT2D eigenvalue weighted by atomic mass is 16.4. The van der Waals surface area contributed by atoms with Crippen LogP contribution in [0.2, 0.25) is 0 Å². The van der Waals surface area contributed by atoms with Gasteiger partial charge in [0, 0.05) is 20.2 Å². The van der Waals surface area contributed by atoms with Gasteiger partial charge in [0.2, 0.25) is 0 Å². The molecule has 0 unspecified atom stereocenters. The molecule has 1 saturated heterocycles. The molecule has 0 aromatic carbocycles. The van der Waals surface area contributed by atoms with Crippen molar-refractivity contribution in [2.75, 3.05) is 19.0 Å². The minimum atomic E-state index is -0.225. The summed E-state index contributed by atoms with van der Waals surface area (Å²) in [4.78, 5) is 27.0. The van der Waals surface area contributed by atoms with Gasteiger partial charge in [0.1, 0.15) is 5.76 Å². The van der Waals surface area contributed by atoms with Gasteiger partial charge in [-0.15, -0.1) is 0 Å². The quantitative estimate of drug-likeness (QED) is 0.485. The van der Waals surface area contributed by atoms with Crippen molar-refractivity contribution in [1.29, 1.82) is 0 Å². The maximum absolute atomic E-state index is 12.6. The van der Waals surface area contributed by atoms with Crippen molar-refractivity contribution in [2.45, 2.75) is 12.8 Å². The Morgan fingerprint density at radius 2 is 1.74 bits per heavy atom. The standard InChI is InChI=1S/C17H19N3O3/c1-19(2)13-8-7-12(23-13)9-18-20-16(21)14-10-3-4-11(6-5-10)15(14)17(20)22/h3-4,7-11,14-15H,5-6H2,1-2H3/b18-9-/t10-,11-,14-,15-/m0/s1. The largest absolute Gasteiger partial charge is 0.440 e. The van der Waals surface area contributed by atoms with E-state index in [4.69, 9.17) is 4.42 Å². The Bertz CT molecular complexity index is 686. The molecule has 2 heterocycles. The Labute approximate surface area is 134 Å². The molecular formula is C17H19N3O3. The van der Waals surface area contributed by atoms with Crippen molar-refractivity contribution < 1.29 is 14.0 Å². The molecule has 0 radical (unpaired) electrons. The van der Waals surface area contributed by atoms with Gasteiger partial charge in [0.25, 0.3) is 11.8 Å². The number of carbonyl (C=O) groups excluding carboxylic acids is 2. The van der Waals surface area contributed by atoms with E-state index in [0.29, 0.717) is 11.6 Å². The molecule has 2 amide bonds. The average molecular weight is 313 g/mol. The molecular weight excluding hydrogens is 294 g/mol. The normalized spacial score (nSPS) is 32.2. The highest BCUT2D eigenvalue weighted by molar-refractivity contribution is 6.06. The number of nitrogens with zero attached hydrogens (tertiary/aromatic N) is 3. The van der Waals surface area contributed by atoms with E-state index >= 15 is 0 Å². The first kappa shape index (κ1) is 14.2. The second kappa shape index (κ2) is 5.08. The van der Waals surface area contributed by atoms with Crippen LogP contribution in [0.5, 0.6) is 0 Å². The van der Waals surface area contributed by atoms with Gasteiger partial charge in [0.05, 0.1) is 18.1 Å². The summed E-state index contributed by atoms with van der Waals surface area (Å²) in [7, 11) is 3.75. The molecule has 0 N–H and O–H groups in total. The Hall–Kier alpha value is -2.37. The fraction of sp³-hybridized carbons (Fsp3) is 0.471. The summed E-state index contributed by atoms with van der Waals surface area (Å²) in [6.45, 7) is 0. The van der Waals surface area contributed by atoms with Gasteiger partial charge in [-0.05, 0) is 30.7 Å². The van der Waals surface area contributed by atoms with E-state index in [0.717, 1.165) is 17.9 Å². The van der Waals surface area contributed by atoms with E-state index < -0.39 is 0 Å². The lowest BCUT2D eigenvalue weighted by Gasteiger charge is -2.37. The Morgan fingerprint density at radius 1 is 1.13 bits per heavy atom. The maximum atomic E-state index is 12.6. The monoisotopic (exact) mass is 313 g/mol. The number of amides is 2. The second-order valence-electron chi connectivity index (χ2n) is 6.64. The molecule has 1 aromatic rings. The van der Waals surface area contributed by atoms with Crippen molar-refractivity contribution in [3.63, 3.8) is 0 Å². The van der Waals surface area contributed by atoms with Gasteiger partial charge in [-0.1, -0.05) is 12.2 Å². The van der Waals surface area contributed by atoms with Crippen LogP contribution in [0, 0.1) is 23.7 Å². The summed E-state index contributed by atoms with van der Waals surface area (Å²) in [5, 5.41) is 5.17. The lowest BCUT2D eigenvalue weighted by atomic mass is 9.63. The van der Waals surface area contributed by atoms with Crippen LogP contribution in [0.4, 0.5) is 5.88 Å². The number of hydrazone groups is 1. The van der Waals surface area contributed by atoms with E-state index in [-0.39, 0.29) is 35.5 Å². The van der Waals surface area contributed by atoms with Gasteiger partial charge in [0.15, 0.2) is 5.88 Å². The topological polar surface area (TPSA) is 66.1 Å². The maximum Gasteiger partial charge on any atom is 0.254 e. The van der Waals surface area contributed by atoms with Crippen molar-refractivity contribution in [3.8, 4) is 0 Å². The summed E-state index contributed by atoms with van der Waals surface area (Å²) in [6.07, 6.45) is 7.62. The Morgan fingerprint density at radius 3 is 2.22 bits per heavy atom. The van der Waals surface area contributed by atoms with Gasteiger partial charge in [-0.25, -0.2) is 0 Å². The average Bonchev–Trinajstić information content (AvgIpc) is 3.13. The second-order valence-corrected chi connectivity index (χ2v) is 6.64. The smallest absolute Gasteiger partial charge is 0.254 e. The first-order valence-electron chi connectivity index (χ1n) is 7.93. The van der Waals surface area contributed by atoms with Gasteiger partial charge >= 0.3 is 0 Å². The highest BCUT2D eigenvalue weighted by Crippen LogP contribution is 2.49. The number of fused-ring (bicyclic) bond motifs is 1. The third-order valence-corrected chi connectivity index (χ3v) is 5.09. The number of furan rings is 1. The minimum absolute atomic E-state index is 0.172. The van der Waals surface area contributed by atoms with Gasteiger partial charge in [-0.2, -0.15) is 10.1 Å². The fourth-order valence-corrected chi connectivity index (χ4v) is 3.94. The van der Waals surface area contributed by atoms with E-state index in [2.05, 4.69) is 17.3 Å². The number of allylic oxidation sites excluding steroid dienone is 2. The SMILES string of the molecule is CN(C)c1ccc(/C=N\N2C(=O)[C@@H]3[C@@H](C2=O)[C@H]2C=C[C@H]3CC2)o1. The van der Waals surface area contributed by atoms with Crippen LogP contribution in [0.3, 0.4) is 0 Å². The van der Waals surface area contributed by atoms with Gasteiger partial charge in [-0.3, -0.25) is 9.59 Å². The molecule has 1 saturated carbocycles. The van der Waals surface area contributed by atoms with Crippen LogP contribution in [-0.2, 0) is 9.59 Å². The molecule has 0 spiro atoms. The number of carbonyl (C=O) groups is 2. The van der Waals surface area contributed by atoms with Gasteiger partial charge < -0.3 is 9.32 Å². The highest BCUT2D eigenvalue weighted by Gasteiger charge is 2.56. The molecule has 2 bridgehead atoms. The molecule has 2 fully saturated rings. The molecule has 5 rings (SSSR count). The van der Waals surface area contributed by atoms with E-state index in [1.54, 1.807) is 6.07 Å². The van der Waals surface area contributed by atoms with Crippen molar-refractivity contribution in [3.05, 3.63) is 30.0 Å². The minimum Gasteiger partial charge on any atom is -0.440 e. The van der Waals surface area contributed by atoms with E-state index in [1.807, 2.05) is 25.1 Å². The molecule has 120 valence electrons. The van der Waals surface area contributed by atoms with Crippen LogP contribution in [-0.4, -0.2) is 37.1 Å². The lowest BCUT2D eigenvalue weighted by molar-refractivity contribution is -0.140. The summed E-state index contributed by atoms with van der Waals surface area (Å²) in [6, 6.07) is 3.58. The summed E-state index contributed by atoms with van der Waals surface area (Å²) in [5.74, 6) is 0.793. The molecule has 3 aliphatic carbocycles. The van der Waals surface area contributed by atoms with Crippen LogP contribution in [0.15, 0.2) is 33.8 Å². The zero-order valence-corrected chi connectivity index (χ0v) is 13.2. The third-order valence-electron chi connectivity index (χ3n) is 5.09. The zero-order valence-electron chi connectivity index (χ0n) is 13.2. The van der Waals surface area contributed by atoms with Crippen molar-refractivity contribution in [2.24, 2.45) is 28.8 Å². The number of anilines is 1. The van der Waals surface area contributed by atoms with Crippen molar-refractivity contribution in [1.82, 2.24) is 5.01 Å². The fourth-order valence-electron chi connectivity index (χ4n) is 3.94. The molecule has 6 heteroatoms. The summed E-state index contributed by atoms with van der Waals surface area (Å²) < 4.78 is 5.56. The third kappa shape index (κ3) is 2.12. The predicted molar refractivity (Wildman–Crippen MR) is 84.8 cm³/mol. The molecule has 4 atom stereocenters. The first-order valence-corrected chi connectivity index (χ1v) is 7.93. The number of hydrogen-bond acceptors (Lipinski definition) is 5. The van der Waals surface area contributed by atoms with Crippen LogP contribution >= 0.6 is 0 Å². The van der Waals surface area contributed by atoms with Crippen LogP contribution in [0.25, 0.3) is 0 Å². The molecule has 1 aromatic heterocycles. The first-order chi connectivity index (χ1) is 11.1. The predicted octanol–water partition coefficient (Wildman–Crippen LogP) is 1.88. The Balaban J connectivity index is 1.57. The zero-order chi connectivity index (χ0) is 16.1. The molecule has 23 heavy (non-hydrogen) atoms. The van der Waals surface area contributed by atoms with E-state index in [9.17, 15) is 9.59 Å². The number of hydrogen-bond donors (Lipinski definition) is 0. The summed E-state index contributed by atoms with van der Waals surface area (Å²) >= 11 is 0. The van der Waals surface area contributed by atoms with Crippen LogP contribution in [0.1, 0.15) is 18.6 Å². The molecule has 4 aliphatic rings. The summed E-state index contributed by atoms with van der Waals surface area (Å²) in [5.41, 5.74) is 0. The Kier molecular flexibility index (Phi) is 3.14. The number of rotatable bonds is 3. The molecule has 6 nitrogen and oxygen atoms in total. The van der Waals surface area contributed by atoms with Crippen molar-refractivity contribution >= 4 is 23.9 Å². The molecule has 1 aliphatic heterocycles.